The molecule has 2 aliphatic rings. The standard InChI is InChI=1S/C31H32N4O5S/c1-20-33-23(19-41-20)16-29(36)35-17-25-21-7-4-8-24(14-21)39-13-5-11-34(12-10-32-30(37)26(25)18-35)31(38)28-15-22-6-2-3-9-27(22)40-28/h2-4,6-9,14-15,19,25-26H,5,10-13,16-18H2,1H3,(H,32,37)/t25-,26+/m1/s1. The molecule has 0 unspecified atom stereocenters. The van der Waals surface area contributed by atoms with Crippen LogP contribution in [0.25, 0.3) is 11.0 Å². The summed E-state index contributed by atoms with van der Waals surface area (Å²) >= 11 is 1.52. The molecule has 2 bridgehead atoms. The molecule has 2 aromatic heterocycles. The molecule has 3 amide bonds. The Hall–Kier alpha value is -4.18. The molecule has 41 heavy (non-hydrogen) atoms. The van der Waals surface area contributed by atoms with Gasteiger partial charge in [-0.25, -0.2) is 4.98 Å². The maximum atomic E-state index is 13.5. The number of carbonyl (C=O) groups excluding carboxylic acids is 3. The van der Waals surface area contributed by atoms with Crippen molar-refractivity contribution >= 4 is 40.0 Å². The van der Waals surface area contributed by atoms with E-state index >= 15 is 0 Å². The van der Waals surface area contributed by atoms with Crippen molar-refractivity contribution in [1.82, 2.24) is 20.1 Å². The third-order valence-electron chi connectivity index (χ3n) is 7.74. The third-order valence-corrected chi connectivity index (χ3v) is 8.56. The van der Waals surface area contributed by atoms with Crippen LogP contribution in [0, 0.1) is 12.8 Å². The molecule has 2 atom stereocenters. The van der Waals surface area contributed by atoms with E-state index in [1.54, 1.807) is 15.9 Å². The number of carbonyl (C=O) groups is 3. The number of likely N-dealkylation sites (tertiary alicyclic amines) is 1. The zero-order valence-electron chi connectivity index (χ0n) is 22.9. The Balaban J connectivity index is 1.20. The smallest absolute Gasteiger partial charge is 0.289 e. The van der Waals surface area contributed by atoms with E-state index in [4.69, 9.17) is 9.15 Å². The van der Waals surface area contributed by atoms with Crippen LogP contribution in [-0.4, -0.2) is 71.8 Å². The van der Waals surface area contributed by atoms with E-state index in [1.165, 1.54) is 11.3 Å². The van der Waals surface area contributed by atoms with Gasteiger partial charge in [0.05, 0.1) is 29.6 Å². The van der Waals surface area contributed by atoms with Crippen molar-refractivity contribution in [1.29, 1.82) is 0 Å². The molecular formula is C31H32N4O5S. The fourth-order valence-electron chi connectivity index (χ4n) is 5.65. The van der Waals surface area contributed by atoms with Crippen molar-refractivity contribution in [2.75, 3.05) is 39.3 Å². The van der Waals surface area contributed by atoms with E-state index < -0.39 is 5.92 Å². The number of nitrogens with zero attached hydrogens (tertiary/aromatic N) is 3. The molecule has 2 aromatic carbocycles. The monoisotopic (exact) mass is 572 g/mol. The van der Waals surface area contributed by atoms with Crippen molar-refractivity contribution in [2.24, 2.45) is 5.92 Å². The summed E-state index contributed by atoms with van der Waals surface area (Å²) in [6, 6.07) is 17.0. The summed E-state index contributed by atoms with van der Waals surface area (Å²) in [5.41, 5.74) is 2.39. The molecule has 212 valence electrons. The summed E-state index contributed by atoms with van der Waals surface area (Å²) in [6.45, 7) is 4.20. The summed E-state index contributed by atoms with van der Waals surface area (Å²) in [4.78, 5) is 48.1. The van der Waals surface area contributed by atoms with Crippen molar-refractivity contribution in [3.63, 3.8) is 0 Å². The number of aryl methyl sites for hydroxylation is 1. The van der Waals surface area contributed by atoms with E-state index in [0.29, 0.717) is 57.1 Å². The molecule has 1 N–H and O–H groups in total. The molecule has 2 aliphatic heterocycles. The lowest BCUT2D eigenvalue weighted by atomic mass is 9.88. The number of thiazole rings is 1. The first kappa shape index (κ1) is 27.0. The van der Waals surface area contributed by atoms with E-state index in [9.17, 15) is 14.4 Å². The van der Waals surface area contributed by atoms with Crippen LogP contribution < -0.4 is 10.1 Å². The number of amides is 3. The molecule has 9 nitrogen and oxygen atoms in total. The van der Waals surface area contributed by atoms with Gasteiger partial charge in [0.1, 0.15) is 11.3 Å². The van der Waals surface area contributed by atoms with Crippen LogP contribution in [0.15, 0.2) is 64.4 Å². The Bertz CT molecular complexity index is 1550. The second kappa shape index (κ2) is 11.7. The number of aromatic nitrogens is 1. The molecule has 0 radical (unpaired) electrons. The topological polar surface area (TPSA) is 105 Å². The van der Waals surface area contributed by atoms with Crippen molar-refractivity contribution in [2.45, 2.75) is 25.7 Å². The minimum Gasteiger partial charge on any atom is -0.494 e. The maximum Gasteiger partial charge on any atom is 0.289 e. The quantitative estimate of drug-likeness (QED) is 0.398. The first-order chi connectivity index (χ1) is 19.9. The summed E-state index contributed by atoms with van der Waals surface area (Å²) in [6.07, 6.45) is 0.835. The van der Waals surface area contributed by atoms with Gasteiger partial charge in [0.15, 0.2) is 5.76 Å². The predicted molar refractivity (Wildman–Crippen MR) is 155 cm³/mol. The van der Waals surface area contributed by atoms with Crippen molar-refractivity contribution < 1.29 is 23.5 Å². The van der Waals surface area contributed by atoms with E-state index in [0.717, 1.165) is 21.7 Å². The lowest BCUT2D eigenvalue weighted by Crippen LogP contribution is -2.42. The molecule has 1 saturated heterocycles. The van der Waals surface area contributed by atoms with Gasteiger partial charge in [-0.1, -0.05) is 30.3 Å². The number of hydrogen-bond donors (Lipinski definition) is 1. The van der Waals surface area contributed by atoms with Crippen LogP contribution in [-0.2, 0) is 16.0 Å². The first-order valence-electron chi connectivity index (χ1n) is 13.9. The van der Waals surface area contributed by atoms with Gasteiger partial charge in [-0.2, -0.15) is 0 Å². The van der Waals surface area contributed by atoms with Crippen LogP contribution in [0.3, 0.4) is 0 Å². The highest BCUT2D eigenvalue weighted by atomic mass is 32.1. The Morgan fingerprint density at radius 2 is 1.90 bits per heavy atom. The van der Waals surface area contributed by atoms with Gasteiger partial charge in [-0.3, -0.25) is 14.4 Å². The number of rotatable bonds is 3. The van der Waals surface area contributed by atoms with Gasteiger partial charge in [0.2, 0.25) is 11.8 Å². The van der Waals surface area contributed by atoms with Gasteiger partial charge >= 0.3 is 0 Å². The predicted octanol–water partition coefficient (Wildman–Crippen LogP) is 4.02. The van der Waals surface area contributed by atoms with Crippen molar-refractivity contribution in [3.8, 4) is 5.75 Å². The SMILES string of the molecule is Cc1nc(CC(=O)N2C[C@@H]3C(=O)NCCN(C(=O)c4cc5ccccc5o4)CCCOc4cccc(c4)[C@H]3C2)cs1. The van der Waals surface area contributed by atoms with Crippen LogP contribution in [0.2, 0.25) is 0 Å². The van der Waals surface area contributed by atoms with Gasteiger partial charge in [-0.05, 0) is 43.2 Å². The van der Waals surface area contributed by atoms with E-state index in [-0.39, 0.29) is 35.8 Å². The van der Waals surface area contributed by atoms with Crippen LogP contribution in [0.4, 0.5) is 0 Å². The molecule has 4 heterocycles. The molecule has 0 spiro atoms. The molecule has 0 aliphatic carbocycles. The lowest BCUT2D eigenvalue weighted by molar-refractivity contribution is -0.130. The first-order valence-corrected chi connectivity index (χ1v) is 14.8. The molecule has 1 fully saturated rings. The summed E-state index contributed by atoms with van der Waals surface area (Å²) in [5.74, 6) is -0.0101. The average Bonchev–Trinajstić information content (AvgIpc) is 3.72. The summed E-state index contributed by atoms with van der Waals surface area (Å²) < 4.78 is 11.9. The Morgan fingerprint density at radius 1 is 1.05 bits per heavy atom. The van der Waals surface area contributed by atoms with E-state index in [1.807, 2.05) is 60.8 Å². The molecule has 10 heteroatoms. The van der Waals surface area contributed by atoms with E-state index in [2.05, 4.69) is 10.3 Å². The minimum atomic E-state index is -0.422. The fraction of sp³-hybridized carbons (Fsp3) is 0.355. The average molecular weight is 573 g/mol. The number of para-hydroxylation sites is 1. The number of furan rings is 1. The number of ether oxygens (including phenoxy) is 1. The van der Waals surface area contributed by atoms with Gasteiger partial charge in [0, 0.05) is 49.4 Å². The largest absolute Gasteiger partial charge is 0.494 e. The van der Waals surface area contributed by atoms with Crippen LogP contribution >= 0.6 is 11.3 Å². The zero-order valence-corrected chi connectivity index (χ0v) is 23.7. The second-order valence-electron chi connectivity index (χ2n) is 10.6. The summed E-state index contributed by atoms with van der Waals surface area (Å²) in [7, 11) is 0. The van der Waals surface area contributed by atoms with Crippen molar-refractivity contribution in [3.05, 3.63) is 82.0 Å². The number of benzene rings is 2. The van der Waals surface area contributed by atoms with Crippen LogP contribution in [0.5, 0.6) is 5.75 Å². The summed E-state index contributed by atoms with van der Waals surface area (Å²) in [5, 5.41) is 6.75. The zero-order chi connectivity index (χ0) is 28.3. The number of nitrogens with one attached hydrogen (secondary N) is 1. The van der Waals surface area contributed by atoms with Gasteiger partial charge in [-0.15, -0.1) is 11.3 Å². The maximum absolute atomic E-state index is 13.5. The minimum absolute atomic E-state index is 0.0384. The molecule has 6 rings (SSSR count). The van der Waals surface area contributed by atoms with Gasteiger partial charge in [0.25, 0.3) is 5.91 Å². The Labute approximate surface area is 242 Å². The fourth-order valence-corrected chi connectivity index (χ4v) is 6.26. The van der Waals surface area contributed by atoms with Gasteiger partial charge < -0.3 is 24.3 Å². The lowest BCUT2D eigenvalue weighted by Gasteiger charge is -2.24. The molecule has 0 saturated carbocycles. The number of fused-ring (bicyclic) bond motifs is 5. The molecule has 4 aromatic rings. The highest BCUT2D eigenvalue weighted by Gasteiger charge is 2.40. The third kappa shape index (κ3) is 5.97. The normalized spacial score (nSPS) is 19.8. The second-order valence-corrected chi connectivity index (χ2v) is 11.6. The van der Waals surface area contributed by atoms with Crippen LogP contribution in [0.1, 0.15) is 39.2 Å². The Kier molecular flexibility index (Phi) is 7.74. The Morgan fingerprint density at radius 3 is 2.73 bits per heavy atom. The highest BCUT2D eigenvalue weighted by Crippen LogP contribution is 2.35. The highest BCUT2D eigenvalue weighted by molar-refractivity contribution is 7.09. The number of hydrogen-bond acceptors (Lipinski definition) is 7. The molecular weight excluding hydrogens is 540 g/mol.